The van der Waals surface area contributed by atoms with Crippen LogP contribution in [0, 0.1) is 22.7 Å². The van der Waals surface area contributed by atoms with Gasteiger partial charge in [0.05, 0.1) is 17.1 Å². The van der Waals surface area contributed by atoms with Crippen LogP contribution in [0.5, 0.6) is 0 Å². The predicted molar refractivity (Wildman–Crippen MR) is 366 cm³/mol. The highest BCUT2D eigenvalue weighted by atomic mass is 15.0. The molecule has 3 aliphatic rings. The number of hydrogen-bond donors (Lipinski definition) is 0. The first-order chi connectivity index (χ1) is 41.3. The Morgan fingerprint density at radius 2 is 0.894 bits per heavy atom. The summed E-state index contributed by atoms with van der Waals surface area (Å²) in [5.41, 5.74) is 23.1. The molecule has 0 radical (unpaired) electrons. The van der Waals surface area contributed by atoms with Gasteiger partial charge in [0.25, 0.3) is 0 Å². The molecule has 15 rings (SSSR count). The van der Waals surface area contributed by atoms with Crippen molar-refractivity contribution in [3.05, 3.63) is 272 Å². The van der Waals surface area contributed by atoms with Crippen LogP contribution in [0.25, 0.3) is 126 Å². The smallest absolute Gasteiger partial charge is 0.0560 e. The summed E-state index contributed by atoms with van der Waals surface area (Å²) >= 11 is 0. The van der Waals surface area contributed by atoms with Crippen LogP contribution in [-0.2, 0) is 0 Å². The summed E-state index contributed by atoms with van der Waals surface area (Å²) in [6.07, 6.45) is 24.2. The second-order valence-electron chi connectivity index (χ2n) is 26.5. The minimum Gasteiger partial charge on any atom is -0.333 e. The molecule has 2 nitrogen and oxygen atoms in total. The molecule has 0 saturated heterocycles. The van der Waals surface area contributed by atoms with E-state index in [0.29, 0.717) is 11.8 Å². The molecule has 2 heteroatoms. The summed E-state index contributed by atoms with van der Waals surface area (Å²) in [6.45, 7) is 16.5. The lowest BCUT2D eigenvalue weighted by Gasteiger charge is -2.31. The Morgan fingerprint density at radius 1 is 0.412 bits per heavy atom. The van der Waals surface area contributed by atoms with E-state index < -0.39 is 0 Å². The highest BCUT2D eigenvalue weighted by molar-refractivity contribution is 6.23. The van der Waals surface area contributed by atoms with Crippen molar-refractivity contribution < 1.29 is 0 Å². The number of rotatable bonds is 8. The highest BCUT2D eigenvalue weighted by Gasteiger charge is 2.28. The minimum atomic E-state index is 0.148. The van der Waals surface area contributed by atoms with Crippen molar-refractivity contribution >= 4 is 76.3 Å². The number of para-hydroxylation sites is 1. The molecule has 0 saturated carbocycles. The third kappa shape index (κ3) is 9.17. The molecule has 2 heterocycles. The van der Waals surface area contributed by atoms with Crippen molar-refractivity contribution in [2.24, 2.45) is 22.7 Å². The van der Waals surface area contributed by atoms with E-state index in [2.05, 4.69) is 312 Å². The molecule has 3 aliphatic carbocycles. The van der Waals surface area contributed by atoms with E-state index in [0.717, 1.165) is 19.3 Å². The Balaban J connectivity index is 0.904. The number of nitrogens with zero attached hydrogens (tertiary/aromatic N) is 2. The minimum absolute atomic E-state index is 0.148. The lowest BCUT2D eigenvalue weighted by molar-refractivity contribution is 0.294. The number of fused-ring (bicyclic) bond motifs is 8. The fraction of sp³-hybridized carbons (Fsp3) is 0.181. The van der Waals surface area contributed by atoms with Gasteiger partial charge in [-0.25, -0.2) is 0 Å². The number of allylic oxidation sites excluding steroid dienone is 12. The molecule has 3 atom stereocenters. The van der Waals surface area contributed by atoms with Crippen LogP contribution in [0.4, 0.5) is 0 Å². The lowest BCUT2D eigenvalue weighted by atomic mass is 9.74. The quantitative estimate of drug-likeness (QED) is 0.134. The third-order valence-electron chi connectivity index (χ3n) is 19.1. The van der Waals surface area contributed by atoms with Crippen molar-refractivity contribution in [3.8, 4) is 50.2 Å². The van der Waals surface area contributed by atoms with Gasteiger partial charge in [-0.2, -0.15) is 0 Å². The monoisotopic (exact) mass is 1100 g/mol. The van der Waals surface area contributed by atoms with Gasteiger partial charge in [0.1, 0.15) is 0 Å². The average Bonchev–Trinajstić information content (AvgIpc) is 2.56. The number of aromatic nitrogens is 2. The molecule has 85 heavy (non-hydrogen) atoms. The van der Waals surface area contributed by atoms with Gasteiger partial charge in [0.2, 0.25) is 0 Å². The van der Waals surface area contributed by atoms with Crippen molar-refractivity contribution in [2.45, 2.75) is 73.8 Å². The van der Waals surface area contributed by atoms with Crippen LogP contribution in [-0.4, -0.2) is 9.13 Å². The van der Waals surface area contributed by atoms with Gasteiger partial charge in [-0.05, 0) is 203 Å². The molecule has 10 aromatic carbocycles. The van der Waals surface area contributed by atoms with E-state index >= 15 is 0 Å². The van der Waals surface area contributed by atoms with Gasteiger partial charge < -0.3 is 9.13 Å². The number of benzene rings is 10. The van der Waals surface area contributed by atoms with Gasteiger partial charge in [0, 0.05) is 38.3 Å². The molecule has 0 spiro atoms. The maximum atomic E-state index is 2.58. The summed E-state index contributed by atoms with van der Waals surface area (Å²) < 4.78 is 5.02. The normalized spacial score (nSPS) is 17.4. The topological polar surface area (TPSA) is 9.86 Å². The first-order valence-corrected chi connectivity index (χ1v) is 30.8. The highest BCUT2D eigenvalue weighted by Crippen LogP contribution is 2.49. The molecule has 0 N–H and O–H groups in total. The van der Waals surface area contributed by atoms with Gasteiger partial charge in [-0.1, -0.05) is 236 Å². The van der Waals surface area contributed by atoms with Crippen LogP contribution >= 0.6 is 0 Å². The standard InChI is InChI=1S/C83H72N2/c1-53-46-57(32-41-75(53)83(5,6)7)61-34-43-77-70(48-61)72-50-63(36-45-79(72)85(77)66-26-18-11-19-27-66)60-31-40-68-74(52-60)81(56-22-14-9-15-23-56)67-39-30-59(51-73(67)80(68)55-20-12-8-13-21-55)62-35-44-78-71(49-62)69-47-58(54-28-37-64(38-29-54)82(2,3)4)33-42-76(69)84(78)65-24-16-10-17-25-65/h8-24,26-37,39-45,47-53,64-65H,25,38,46H2,1-7H3. The summed E-state index contributed by atoms with van der Waals surface area (Å²) in [7, 11) is 0. The van der Waals surface area contributed by atoms with Gasteiger partial charge in [-0.3, -0.25) is 0 Å². The van der Waals surface area contributed by atoms with E-state index in [9.17, 15) is 0 Å². The molecular formula is C83H72N2. The van der Waals surface area contributed by atoms with Gasteiger partial charge in [0.15, 0.2) is 0 Å². The van der Waals surface area contributed by atoms with E-state index in [1.807, 2.05) is 0 Å². The second kappa shape index (κ2) is 20.5. The maximum absolute atomic E-state index is 2.58. The molecule has 3 unspecified atom stereocenters. The molecule has 2 aromatic heterocycles. The summed E-state index contributed by atoms with van der Waals surface area (Å²) in [6, 6.07) is 76.5. The Labute approximate surface area is 500 Å². The predicted octanol–water partition coefficient (Wildman–Crippen LogP) is 23.3. The van der Waals surface area contributed by atoms with Crippen molar-refractivity contribution in [1.29, 1.82) is 0 Å². The fourth-order valence-corrected chi connectivity index (χ4v) is 14.7. The summed E-state index contributed by atoms with van der Waals surface area (Å²) in [4.78, 5) is 0. The first-order valence-electron chi connectivity index (χ1n) is 30.8. The van der Waals surface area contributed by atoms with E-state index in [1.54, 1.807) is 0 Å². The summed E-state index contributed by atoms with van der Waals surface area (Å²) in [5.74, 6) is 1.02. The van der Waals surface area contributed by atoms with E-state index in [1.165, 1.54) is 143 Å². The second-order valence-corrected chi connectivity index (χ2v) is 26.5. The first kappa shape index (κ1) is 52.6. The Bertz CT molecular complexity index is 4860. The molecule has 0 amide bonds. The zero-order chi connectivity index (χ0) is 57.7. The molecule has 0 aliphatic heterocycles. The van der Waals surface area contributed by atoms with E-state index in [4.69, 9.17) is 0 Å². The number of hydrogen-bond acceptors (Lipinski definition) is 0. The van der Waals surface area contributed by atoms with Crippen molar-refractivity contribution in [1.82, 2.24) is 9.13 Å². The fourth-order valence-electron chi connectivity index (χ4n) is 14.7. The zero-order valence-electron chi connectivity index (χ0n) is 50.0. The molecule has 12 aromatic rings. The Kier molecular flexibility index (Phi) is 12.7. The SMILES string of the molecule is CC1CC(c2ccc3c(c2)c2cc(-c4ccc5c(-c6ccccc6)c6cc(-c7ccc8c(c7)c7cc(C9=CCC(C(C)(C)C)C=C9)ccc7n8C7C=CC=CC7)ccc6c(-c6ccccc6)c5c4)ccc2n3-c2ccccc2)=CC=C1C(C)(C)C. The molecule has 0 fully saturated rings. The third-order valence-corrected chi connectivity index (χ3v) is 19.1. The summed E-state index contributed by atoms with van der Waals surface area (Å²) in [5, 5.41) is 10.1. The van der Waals surface area contributed by atoms with Crippen molar-refractivity contribution in [3.63, 3.8) is 0 Å². The van der Waals surface area contributed by atoms with Crippen LogP contribution in [0.15, 0.2) is 260 Å². The molecule has 0 bridgehead atoms. The Hall–Kier alpha value is -9.24. The lowest BCUT2D eigenvalue weighted by Crippen LogP contribution is -2.19. The maximum Gasteiger partial charge on any atom is 0.0560 e. The van der Waals surface area contributed by atoms with Crippen LogP contribution < -0.4 is 0 Å². The van der Waals surface area contributed by atoms with Crippen LogP contribution in [0.1, 0.15) is 84.9 Å². The van der Waals surface area contributed by atoms with Crippen LogP contribution in [0.2, 0.25) is 0 Å². The van der Waals surface area contributed by atoms with Crippen molar-refractivity contribution in [2.75, 3.05) is 0 Å². The largest absolute Gasteiger partial charge is 0.333 e. The van der Waals surface area contributed by atoms with Gasteiger partial charge >= 0.3 is 0 Å². The molecular weight excluding hydrogens is 1020 g/mol. The average molecular weight is 1100 g/mol. The van der Waals surface area contributed by atoms with E-state index in [-0.39, 0.29) is 16.9 Å². The molecule has 414 valence electrons. The zero-order valence-corrected chi connectivity index (χ0v) is 50.0. The Morgan fingerprint density at radius 3 is 1.40 bits per heavy atom. The van der Waals surface area contributed by atoms with Gasteiger partial charge in [-0.15, -0.1) is 0 Å². The van der Waals surface area contributed by atoms with Crippen LogP contribution in [0.3, 0.4) is 0 Å².